The molecule has 0 fully saturated rings. The molecule has 0 radical (unpaired) electrons. The number of furan rings is 1. The topological polar surface area (TPSA) is 145 Å². The molecule has 2 rings (SSSR count). The molecule has 0 saturated carbocycles. The SMILES string of the molecule is NC(=O)c1ccccc1NC(=O)c1ccc(S(N)(=O)=O)o1. The lowest BCUT2D eigenvalue weighted by Crippen LogP contribution is -2.18. The summed E-state index contributed by atoms with van der Waals surface area (Å²) < 4.78 is 27.0. The van der Waals surface area contributed by atoms with Crippen LogP contribution in [0.25, 0.3) is 0 Å². The Bertz CT molecular complexity index is 810. The molecule has 1 heterocycles. The van der Waals surface area contributed by atoms with Gasteiger partial charge in [-0.3, -0.25) is 9.59 Å². The number of amides is 2. The summed E-state index contributed by atoms with van der Waals surface area (Å²) >= 11 is 0. The van der Waals surface area contributed by atoms with Crippen LogP contribution in [0.1, 0.15) is 20.9 Å². The number of nitrogens with two attached hydrogens (primary N) is 2. The number of hydrogen-bond donors (Lipinski definition) is 3. The van der Waals surface area contributed by atoms with Gasteiger partial charge in [0.05, 0.1) is 11.3 Å². The molecule has 0 saturated heterocycles. The summed E-state index contributed by atoms with van der Waals surface area (Å²) in [5, 5.41) is 6.74. The Morgan fingerprint density at radius 3 is 2.33 bits per heavy atom. The first kappa shape index (κ1) is 14.8. The molecule has 0 aliphatic heterocycles. The van der Waals surface area contributed by atoms with E-state index in [2.05, 4.69) is 5.32 Å². The number of para-hydroxylation sites is 1. The van der Waals surface area contributed by atoms with Crippen molar-refractivity contribution in [1.29, 1.82) is 0 Å². The molecule has 8 nitrogen and oxygen atoms in total. The molecule has 110 valence electrons. The smallest absolute Gasteiger partial charge is 0.291 e. The van der Waals surface area contributed by atoms with Crippen LogP contribution in [0.3, 0.4) is 0 Å². The second kappa shape index (κ2) is 5.38. The highest BCUT2D eigenvalue weighted by molar-refractivity contribution is 7.89. The van der Waals surface area contributed by atoms with Crippen LogP contribution in [-0.4, -0.2) is 20.2 Å². The van der Waals surface area contributed by atoms with Crippen molar-refractivity contribution in [3.05, 3.63) is 47.7 Å². The van der Waals surface area contributed by atoms with Gasteiger partial charge in [0, 0.05) is 0 Å². The van der Waals surface area contributed by atoms with E-state index < -0.39 is 26.9 Å². The van der Waals surface area contributed by atoms with Gasteiger partial charge in [0.2, 0.25) is 5.09 Å². The third-order valence-corrected chi connectivity index (χ3v) is 3.31. The van der Waals surface area contributed by atoms with Crippen LogP contribution in [0.15, 0.2) is 45.9 Å². The van der Waals surface area contributed by atoms with Crippen LogP contribution in [0.4, 0.5) is 5.69 Å². The van der Waals surface area contributed by atoms with Crippen molar-refractivity contribution in [3.63, 3.8) is 0 Å². The lowest BCUT2D eigenvalue weighted by Gasteiger charge is -2.07. The highest BCUT2D eigenvalue weighted by Gasteiger charge is 2.18. The molecule has 2 aromatic rings. The Labute approximate surface area is 119 Å². The third kappa shape index (κ3) is 3.27. The number of carbonyl (C=O) groups is 2. The number of primary sulfonamides is 1. The standard InChI is InChI=1S/C12H11N3O5S/c13-11(16)7-3-1-2-4-8(7)15-12(17)9-5-6-10(20-9)21(14,18)19/h1-6H,(H2,13,16)(H,15,17)(H2,14,18,19). The number of sulfonamides is 1. The third-order valence-electron chi connectivity index (χ3n) is 2.53. The molecular formula is C12H11N3O5S. The maximum atomic E-state index is 11.9. The van der Waals surface area contributed by atoms with Crippen LogP contribution >= 0.6 is 0 Å². The first-order valence-corrected chi connectivity index (χ1v) is 7.16. The number of rotatable bonds is 4. The molecule has 0 aliphatic rings. The predicted octanol–water partition coefficient (Wildman–Crippen LogP) is 0.278. The van der Waals surface area contributed by atoms with Crippen molar-refractivity contribution in [1.82, 2.24) is 0 Å². The molecular weight excluding hydrogens is 298 g/mol. The Kier molecular flexibility index (Phi) is 3.78. The van der Waals surface area contributed by atoms with E-state index >= 15 is 0 Å². The number of anilines is 1. The molecule has 9 heteroatoms. The molecule has 0 atom stereocenters. The number of hydrogen-bond acceptors (Lipinski definition) is 5. The summed E-state index contributed by atoms with van der Waals surface area (Å²) in [6.07, 6.45) is 0. The summed E-state index contributed by atoms with van der Waals surface area (Å²) in [6.45, 7) is 0. The van der Waals surface area contributed by atoms with Crippen molar-refractivity contribution in [2.75, 3.05) is 5.32 Å². The number of nitrogens with one attached hydrogen (secondary N) is 1. The van der Waals surface area contributed by atoms with E-state index in [9.17, 15) is 18.0 Å². The van der Waals surface area contributed by atoms with Gasteiger partial charge in [-0.05, 0) is 24.3 Å². The molecule has 0 spiro atoms. The summed E-state index contributed by atoms with van der Waals surface area (Å²) in [5.41, 5.74) is 5.48. The number of benzene rings is 1. The van der Waals surface area contributed by atoms with Gasteiger partial charge in [-0.25, -0.2) is 13.6 Å². The van der Waals surface area contributed by atoms with Crippen molar-refractivity contribution in [2.45, 2.75) is 5.09 Å². The van der Waals surface area contributed by atoms with Gasteiger partial charge >= 0.3 is 0 Å². The zero-order valence-corrected chi connectivity index (χ0v) is 11.4. The van der Waals surface area contributed by atoms with Crippen molar-refractivity contribution in [3.8, 4) is 0 Å². The Balaban J connectivity index is 2.27. The fraction of sp³-hybridized carbons (Fsp3) is 0. The molecule has 2 amide bonds. The second-order valence-electron chi connectivity index (χ2n) is 4.03. The first-order valence-electron chi connectivity index (χ1n) is 5.62. The van der Waals surface area contributed by atoms with Crippen LogP contribution < -0.4 is 16.2 Å². The largest absolute Gasteiger partial charge is 0.438 e. The molecule has 0 aliphatic carbocycles. The number of primary amides is 1. The second-order valence-corrected chi connectivity index (χ2v) is 5.52. The highest BCUT2D eigenvalue weighted by Crippen LogP contribution is 2.17. The zero-order chi connectivity index (χ0) is 15.6. The van der Waals surface area contributed by atoms with Crippen LogP contribution in [-0.2, 0) is 10.0 Å². The Morgan fingerprint density at radius 2 is 1.76 bits per heavy atom. The maximum absolute atomic E-state index is 11.9. The molecule has 0 bridgehead atoms. The summed E-state index contributed by atoms with van der Waals surface area (Å²) in [5.74, 6) is -1.72. The van der Waals surface area contributed by atoms with Crippen LogP contribution in [0.2, 0.25) is 0 Å². The van der Waals surface area contributed by atoms with Crippen molar-refractivity contribution < 1.29 is 22.4 Å². The molecule has 0 unspecified atom stereocenters. The van der Waals surface area contributed by atoms with Gasteiger partial charge in [0.1, 0.15) is 0 Å². The Hall–Kier alpha value is -2.65. The summed E-state index contributed by atoms with van der Waals surface area (Å²) in [7, 11) is -4.03. The van der Waals surface area contributed by atoms with Crippen molar-refractivity contribution in [2.24, 2.45) is 10.9 Å². The van der Waals surface area contributed by atoms with Gasteiger partial charge in [-0.2, -0.15) is 0 Å². The molecule has 1 aromatic heterocycles. The van der Waals surface area contributed by atoms with Gasteiger partial charge in [-0.15, -0.1) is 0 Å². The maximum Gasteiger partial charge on any atom is 0.291 e. The normalized spacial score (nSPS) is 11.1. The van der Waals surface area contributed by atoms with E-state index in [0.717, 1.165) is 12.1 Å². The fourth-order valence-corrected chi connectivity index (χ4v) is 2.05. The van der Waals surface area contributed by atoms with E-state index in [1.165, 1.54) is 12.1 Å². The quantitative estimate of drug-likeness (QED) is 0.742. The first-order chi connectivity index (χ1) is 9.79. The monoisotopic (exact) mass is 309 g/mol. The summed E-state index contributed by atoms with van der Waals surface area (Å²) in [4.78, 5) is 23.2. The van der Waals surface area contributed by atoms with Crippen molar-refractivity contribution >= 4 is 27.5 Å². The molecule has 1 aromatic carbocycles. The van der Waals surface area contributed by atoms with E-state index in [1.54, 1.807) is 12.1 Å². The highest BCUT2D eigenvalue weighted by atomic mass is 32.2. The van der Waals surface area contributed by atoms with Gasteiger partial charge in [0.25, 0.3) is 21.8 Å². The lowest BCUT2D eigenvalue weighted by molar-refractivity contribution is 0.0991. The lowest BCUT2D eigenvalue weighted by atomic mass is 10.1. The minimum absolute atomic E-state index is 0.115. The average molecular weight is 309 g/mol. The number of carbonyl (C=O) groups excluding carboxylic acids is 2. The summed E-state index contributed by atoms with van der Waals surface area (Å²) in [6, 6.07) is 8.31. The van der Waals surface area contributed by atoms with Gasteiger partial charge in [-0.1, -0.05) is 12.1 Å². The van der Waals surface area contributed by atoms with E-state index in [1.807, 2.05) is 0 Å². The van der Waals surface area contributed by atoms with Crippen LogP contribution in [0, 0.1) is 0 Å². The van der Waals surface area contributed by atoms with E-state index in [4.69, 9.17) is 15.3 Å². The predicted molar refractivity (Wildman–Crippen MR) is 73.0 cm³/mol. The minimum Gasteiger partial charge on any atom is -0.438 e. The zero-order valence-electron chi connectivity index (χ0n) is 10.6. The Morgan fingerprint density at radius 1 is 1.10 bits per heavy atom. The molecule has 21 heavy (non-hydrogen) atoms. The average Bonchev–Trinajstić information content (AvgIpc) is 2.88. The van der Waals surface area contributed by atoms with E-state index in [0.29, 0.717) is 0 Å². The van der Waals surface area contributed by atoms with Gasteiger partial charge in [0.15, 0.2) is 5.76 Å². The fourth-order valence-electron chi connectivity index (χ4n) is 1.59. The van der Waals surface area contributed by atoms with Gasteiger partial charge < -0.3 is 15.5 Å². The van der Waals surface area contributed by atoms with Crippen LogP contribution in [0.5, 0.6) is 0 Å². The van der Waals surface area contributed by atoms with E-state index in [-0.39, 0.29) is 17.0 Å². The minimum atomic E-state index is -4.03. The molecule has 5 N–H and O–H groups in total.